The van der Waals surface area contributed by atoms with E-state index in [2.05, 4.69) is 4.72 Å². The first-order valence-electron chi connectivity index (χ1n) is 7.93. The molecule has 2 rings (SSSR count). The molecule has 0 bridgehead atoms. The molecule has 1 unspecified atom stereocenters. The van der Waals surface area contributed by atoms with Crippen molar-refractivity contribution in [2.24, 2.45) is 0 Å². The van der Waals surface area contributed by atoms with Gasteiger partial charge in [0.25, 0.3) is 0 Å². The standard InChI is InChI=1S/C17H17F4NO6S/c1-11-15(26-9-20)5-12(6-16(11)27-10-21)22-29(23)28-17-13(24-7-18)3-2-4-14(17)25-8-19/h2-6,22H,7-10H2,1H3. The lowest BCUT2D eigenvalue weighted by atomic mass is 10.2. The molecule has 0 aliphatic heterocycles. The molecular formula is C17H17F4NO6S. The predicted octanol–water partition coefficient (Wildman–Crippen LogP) is 4.29. The lowest BCUT2D eigenvalue weighted by Gasteiger charge is -2.16. The van der Waals surface area contributed by atoms with Crippen molar-refractivity contribution in [3.63, 3.8) is 0 Å². The molecule has 0 aliphatic rings. The Hall–Kier alpha value is -2.89. The fourth-order valence-electron chi connectivity index (χ4n) is 2.25. The second kappa shape index (κ2) is 11.2. The Bertz CT molecular complexity index is 790. The Morgan fingerprint density at radius 2 is 1.28 bits per heavy atom. The third-order valence-electron chi connectivity index (χ3n) is 3.46. The summed E-state index contributed by atoms with van der Waals surface area (Å²) in [6.07, 6.45) is 0. The number of hydrogen-bond donors (Lipinski definition) is 1. The smallest absolute Gasteiger partial charge is 0.316 e. The lowest BCUT2D eigenvalue weighted by molar-refractivity contribution is 0.175. The summed E-state index contributed by atoms with van der Waals surface area (Å²) < 4.78 is 89.2. The van der Waals surface area contributed by atoms with E-state index >= 15 is 0 Å². The Balaban J connectivity index is 2.27. The number of para-hydroxylation sites is 1. The summed E-state index contributed by atoms with van der Waals surface area (Å²) in [7, 11) is 0. The maximum atomic E-state index is 12.6. The van der Waals surface area contributed by atoms with Gasteiger partial charge in [-0.05, 0) is 19.1 Å². The SMILES string of the molecule is Cc1c(OCF)cc(NS(=O)Oc2c(OCF)cccc2OCF)cc1OCF. The zero-order valence-corrected chi connectivity index (χ0v) is 15.9. The molecule has 12 heteroatoms. The number of nitrogens with one attached hydrogen (secondary N) is 1. The van der Waals surface area contributed by atoms with Crippen LogP contribution in [-0.2, 0) is 11.3 Å². The van der Waals surface area contributed by atoms with Crippen LogP contribution in [-0.4, -0.2) is 31.7 Å². The number of hydrogen-bond acceptors (Lipinski definition) is 6. The van der Waals surface area contributed by atoms with Crippen LogP contribution in [0.4, 0.5) is 23.2 Å². The Labute approximate surface area is 166 Å². The van der Waals surface area contributed by atoms with Gasteiger partial charge in [0.1, 0.15) is 11.5 Å². The van der Waals surface area contributed by atoms with Crippen LogP contribution < -0.4 is 27.9 Å². The highest BCUT2D eigenvalue weighted by Crippen LogP contribution is 2.38. The molecule has 0 aliphatic carbocycles. The minimum absolute atomic E-state index is 0.0144. The molecule has 0 amide bonds. The highest BCUT2D eigenvalue weighted by atomic mass is 32.2. The molecule has 2 aromatic carbocycles. The van der Waals surface area contributed by atoms with Crippen molar-refractivity contribution in [3.8, 4) is 28.7 Å². The average Bonchev–Trinajstić information content (AvgIpc) is 2.68. The predicted molar refractivity (Wildman–Crippen MR) is 96.4 cm³/mol. The molecule has 0 heterocycles. The second-order valence-electron chi connectivity index (χ2n) is 5.11. The molecule has 160 valence electrons. The zero-order valence-electron chi connectivity index (χ0n) is 15.1. The Morgan fingerprint density at radius 1 is 0.828 bits per heavy atom. The van der Waals surface area contributed by atoms with Crippen LogP contribution in [0.3, 0.4) is 0 Å². The second-order valence-corrected chi connectivity index (χ2v) is 5.96. The normalized spacial score (nSPS) is 11.5. The van der Waals surface area contributed by atoms with Gasteiger partial charge in [0.15, 0.2) is 11.5 Å². The first-order chi connectivity index (χ1) is 14.0. The first-order valence-corrected chi connectivity index (χ1v) is 9.01. The van der Waals surface area contributed by atoms with Crippen LogP contribution in [0.25, 0.3) is 0 Å². The van der Waals surface area contributed by atoms with Crippen LogP contribution in [0.2, 0.25) is 0 Å². The lowest BCUT2D eigenvalue weighted by Crippen LogP contribution is -2.13. The Kier molecular flexibility index (Phi) is 8.65. The molecule has 1 atom stereocenters. The van der Waals surface area contributed by atoms with Crippen molar-refractivity contribution >= 4 is 17.0 Å². The van der Waals surface area contributed by atoms with Gasteiger partial charge in [-0.25, -0.2) is 17.6 Å². The van der Waals surface area contributed by atoms with E-state index in [-0.39, 0.29) is 34.4 Å². The van der Waals surface area contributed by atoms with Crippen LogP contribution in [0.5, 0.6) is 28.7 Å². The van der Waals surface area contributed by atoms with Gasteiger partial charge in [-0.15, -0.1) is 0 Å². The molecule has 2 aromatic rings. The number of halogens is 4. The number of anilines is 1. The molecule has 0 spiro atoms. The maximum absolute atomic E-state index is 12.6. The topological polar surface area (TPSA) is 75.3 Å². The van der Waals surface area contributed by atoms with Crippen molar-refractivity contribution in [3.05, 3.63) is 35.9 Å². The van der Waals surface area contributed by atoms with Crippen LogP contribution in [0.1, 0.15) is 5.56 Å². The molecular weight excluding hydrogens is 422 g/mol. The zero-order chi connectivity index (χ0) is 21.2. The van der Waals surface area contributed by atoms with Gasteiger partial charge in [0.05, 0.1) is 5.69 Å². The van der Waals surface area contributed by atoms with Crippen LogP contribution >= 0.6 is 0 Å². The van der Waals surface area contributed by atoms with Crippen molar-refractivity contribution < 1.29 is 44.9 Å². The summed E-state index contributed by atoms with van der Waals surface area (Å²) in [5.41, 5.74) is 0.385. The molecule has 0 aromatic heterocycles. The highest BCUT2D eigenvalue weighted by molar-refractivity contribution is 7.82. The first kappa shape index (κ1) is 22.4. The molecule has 0 fully saturated rings. The molecule has 0 saturated carbocycles. The highest BCUT2D eigenvalue weighted by Gasteiger charge is 2.18. The molecule has 7 nitrogen and oxygen atoms in total. The quantitative estimate of drug-likeness (QED) is 0.498. The monoisotopic (exact) mass is 439 g/mol. The van der Waals surface area contributed by atoms with Gasteiger partial charge in [0, 0.05) is 17.7 Å². The van der Waals surface area contributed by atoms with E-state index in [9.17, 15) is 21.8 Å². The van der Waals surface area contributed by atoms with E-state index in [1.807, 2.05) is 0 Å². The molecule has 1 N–H and O–H groups in total. The number of rotatable bonds is 12. The van der Waals surface area contributed by atoms with E-state index in [1.54, 1.807) is 0 Å². The van der Waals surface area contributed by atoms with E-state index in [0.29, 0.717) is 5.56 Å². The van der Waals surface area contributed by atoms with Gasteiger partial charge >= 0.3 is 11.3 Å². The maximum Gasteiger partial charge on any atom is 0.316 e. The largest absolute Gasteiger partial charge is 0.462 e. The molecule has 0 radical (unpaired) electrons. The van der Waals surface area contributed by atoms with Gasteiger partial charge in [-0.1, -0.05) is 6.07 Å². The molecule has 29 heavy (non-hydrogen) atoms. The van der Waals surface area contributed by atoms with Gasteiger partial charge in [-0.3, -0.25) is 4.72 Å². The van der Waals surface area contributed by atoms with Crippen molar-refractivity contribution in [2.75, 3.05) is 32.2 Å². The summed E-state index contributed by atoms with van der Waals surface area (Å²) in [6.45, 7) is -3.24. The van der Waals surface area contributed by atoms with E-state index in [0.717, 1.165) is 0 Å². The van der Waals surface area contributed by atoms with Gasteiger partial charge in [0.2, 0.25) is 33.2 Å². The van der Waals surface area contributed by atoms with Crippen LogP contribution in [0, 0.1) is 6.92 Å². The Morgan fingerprint density at radius 3 is 1.72 bits per heavy atom. The summed E-state index contributed by atoms with van der Waals surface area (Å²) >= 11 is -2.33. The third kappa shape index (κ3) is 6.04. The number of ether oxygens (including phenoxy) is 4. The van der Waals surface area contributed by atoms with E-state index in [4.69, 9.17) is 23.1 Å². The summed E-state index contributed by atoms with van der Waals surface area (Å²) in [4.78, 5) is 0. The van der Waals surface area contributed by atoms with Crippen molar-refractivity contribution in [2.45, 2.75) is 6.92 Å². The minimum atomic E-state index is -2.33. The fraction of sp³-hybridized carbons (Fsp3) is 0.294. The van der Waals surface area contributed by atoms with Crippen LogP contribution in [0.15, 0.2) is 30.3 Å². The minimum Gasteiger partial charge on any atom is -0.462 e. The van der Waals surface area contributed by atoms with Gasteiger partial charge < -0.3 is 23.1 Å². The molecule has 0 saturated heterocycles. The third-order valence-corrected chi connectivity index (χ3v) is 4.18. The fourth-order valence-corrected chi connectivity index (χ4v) is 2.92. The van der Waals surface area contributed by atoms with E-state index in [1.165, 1.54) is 37.3 Å². The number of alkyl halides is 4. The number of benzene rings is 2. The average molecular weight is 439 g/mol. The summed E-state index contributed by atoms with van der Waals surface area (Å²) in [5.74, 6) is -0.650. The van der Waals surface area contributed by atoms with Crippen molar-refractivity contribution in [1.29, 1.82) is 0 Å². The summed E-state index contributed by atoms with van der Waals surface area (Å²) in [5, 5.41) is 0. The van der Waals surface area contributed by atoms with Gasteiger partial charge in [-0.2, -0.15) is 4.21 Å². The van der Waals surface area contributed by atoms with E-state index < -0.39 is 38.7 Å². The summed E-state index contributed by atoms with van der Waals surface area (Å²) in [6, 6.07) is 6.54. The van der Waals surface area contributed by atoms with Crippen molar-refractivity contribution in [1.82, 2.24) is 0 Å².